The second-order valence-electron chi connectivity index (χ2n) is 3.83. The maximum absolute atomic E-state index is 13.7. The maximum atomic E-state index is 13.7. The van der Waals surface area contributed by atoms with Crippen LogP contribution in [-0.4, -0.2) is 12.6 Å². The lowest BCUT2D eigenvalue weighted by atomic mass is 10.1. The lowest BCUT2D eigenvalue weighted by molar-refractivity contribution is 0.601. The molecule has 0 aliphatic heterocycles. The average molecular weight is 210 g/mol. The second-order valence-corrected chi connectivity index (χ2v) is 3.83. The molecule has 0 saturated carbocycles. The van der Waals surface area contributed by atoms with E-state index < -0.39 is 0 Å². The zero-order valence-corrected chi connectivity index (χ0v) is 9.63. The van der Waals surface area contributed by atoms with Crippen LogP contribution < -0.4 is 10.6 Å². The zero-order chi connectivity index (χ0) is 11.4. The summed E-state index contributed by atoms with van der Waals surface area (Å²) in [6.07, 6.45) is 0. The SMILES string of the molecule is CCN(c1c(F)cccc1CN)C(C)C. The van der Waals surface area contributed by atoms with Gasteiger partial charge in [0.25, 0.3) is 0 Å². The highest BCUT2D eigenvalue weighted by Crippen LogP contribution is 2.25. The first-order valence-electron chi connectivity index (χ1n) is 5.35. The van der Waals surface area contributed by atoms with Crippen LogP contribution in [0.2, 0.25) is 0 Å². The Labute approximate surface area is 90.9 Å². The molecular weight excluding hydrogens is 191 g/mol. The molecule has 0 fully saturated rings. The number of halogens is 1. The third kappa shape index (κ3) is 2.48. The van der Waals surface area contributed by atoms with Crippen molar-refractivity contribution < 1.29 is 4.39 Å². The Bertz CT molecular complexity index is 323. The van der Waals surface area contributed by atoms with Gasteiger partial charge in [-0.3, -0.25) is 0 Å². The Morgan fingerprint density at radius 3 is 2.53 bits per heavy atom. The van der Waals surface area contributed by atoms with Crippen LogP contribution in [0.5, 0.6) is 0 Å². The fourth-order valence-electron chi connectivity index (χ4n) is 1.83. The van der Waals surface area contributed by atoms with Gasteiger partial charge in [-0.25, -0.2) is 4.39 Å². The van der Waals surface area contributed by atoms with Crippen molar-refractivity contribution in [1.29, 1.82) is 0 Å². The Kier molecular flexibility index (Phi) is 4.09. The highest BCUT2D eigenvalue weighted by molar-refractivity contribution is 5.55. The number of hydrogen-bond acceptors (Lipinski definition) is 2. The quantitative estimate of drug-likeness (QED) is 0.827. The van der Waals surface area contributed by atoms with Crippen molar-refractivity contribution in [1.82, 2.24) is 0 Å². The van der Waals surface area contributed by atoms with Gasteiger partial charge >= 0.3 is 0 Å². The minimum absolute atomic E-state index is 0.187. The fourth-order valence-corrected chi connectivity index (χ4v) is 1.83. The van der Waals surface area contributed by atoms with Crippen LogP contribution in [0.25, 0.3) is 0 Å². The van der Waals surface area contributed by atoms with Gasteiger partial charge in [0, 0.05) is 19.1 Å². The average Bonchev–Trinajstić information content (AvgIpc) is 2.21. The summed E-state index contributed by atoms with van der Waals surface area (Å²) in [6, 6.07) is 5.34. The second kappa shape index (κ2) is 5.12. The smallest absolute Gasteiger partial charge is 0.146 e. The molecule has 1 aromatic carbocycles. The largest absolute Gasteiger partial charge is 0.367 e. The van der Waals surface area contributed by atoms with Gasteiger partial charge < -0.3 is 10.6 Å². The van der Waals surface area contributed by atoms with Gasteiger partial charge in [-0.05, 0) is 32.4 Å². The van der Waals surface area contributed by atoms with Gasteiger partial charge in [0.05, 0.1) is 5.69 Å². The predicted octanol–water partition coefficient (Wildman–Crippen LogP) is 2.52. The number of para-hydroxylation sites is 1. The molecular formula is C12H19FN2. The first-order valence-corrected chi connectivity index (χ1v) is 5.35. The molecule has 2 N–H and O–H groups in total. The summed E-state index contributed by atoms with van der Waals surface area (Å²) in [5.41, 5.74) is 7.14. The summed E-state index contributed by atoms with van der Waals surface area (Å²) in [5.74, 6) is -0.187. The van der Waals surface area contributed by atoms with Crippen LogP contribution >= 0.6 is 0 Å². The van der Waals surface area contributed by atoms with Crippen LogP contribution in [0.3, 0.4) is 0 Å². The van der Waals surface area contributed by atoms with E-state index in [-0.39, 0.29) is 11.9 Å². The standard InChI is InChI=1S/C12H19FN2/c1-4-15(9(2)3)12-10(8-14)6-5-7-11(12)13/h5-7,9H,4,8,14H2,1-3H3. The van der Waals surface area contributed by atoms with Crippen LogP contribution in [-0.2, 0) is 6.54 Å². The van der Waals surface area contributed by atoms with Gasteiger partial charge in [0.1, 0.15) is 5.82 Å². The third-order valence-corrected chi connectivity index (χ3v) is 2.54. The molecule has 15 heavy (non-hydrogen) atoms. The van der Waals surface area contributed by atoms with E-state index in [0.717, 1.165) is 12.1 Å². The molecule has 0 unspecified atom stereocenters. The van der Waals surface area contributed by atoms with Gasteiger partial charge in [-0.15, -0.1) is 0 Å². The Morgan fingerprint density at radius 1 is 1.40 bits per heavy atom. The molecule has 0 bridgehead atoms. The lowest BCUT2D eigenvalue weighted by Gasteiger charge is -2.29. The molecule has 0 amide bonds. The normalized spacial score (nSPS) is 10.8. The van der Waals surface area contributed by atoms with Crippen molar-refractivity contribution in [3.63, 3.8) is 0 Å². The molecule has 0 heterocycles. The van der Waals surface area contributed by atoms with Crippen LogP contribution in [0.4, 0.5) is 10.1 Å². The summed E-state index contributed by atoms with van der Waals surface area (Å²) in [6.45, 7) is 7.28. The molecule has 0 spiro atoms. The van der Waals surface area contributed by atoms with Gasteiger partial charge in [0.2, 0.25) is 0 Å². The van der Waals surface area contributed by atoms with Crippen molar-refractivity contribution >= 4 is 5.69 Å². The molecule has 1 aromatic rings. The van der Waals surface area contributed by atoms with Crippen LogP contribution in [0.15, 0.2) is 18.2 Å². The molecule has 0 saturated heterocycles. The number of rotatable bonds is 4. The van der Waals surface area contributed by atoms with E-state index >= 15 is 0 Å². The molecule has 0 aliphatic carbocycles. The van der Waals surface area contributed by atoms with Crippen molar-refractivity contribution in [2.75, 3.05) is 11.4 Å². The zero-order valence-electron chi connectivity index (χ0n) is 9.63. The van der Waals surface area contributed by atoms with Crippen molar-refractivity contribution in [2.45, 2.75) is 33.4 Å². The summed E-state index contributed by atoms with van der Waals surface area (Å²) >= 11 is 0. The summed E-state index contributed by atoms with van der Waals surface area (Å²) in [4.78, 5) is 2.03. The third-order valence-electron chi connectivity index (χ3n) is 2.54. The number of anilines is 1. The topological polar surface area (TPSA) is 29.3 Å². The fraction of sp³-hybridized carbons (Fsp3) is 0.500. The summed E-state index contributed by atoms with van der Waals surface area (Å²) in [7, 11) is 0. The lowest BCUT2D eigenvalue weighted by Crippen LogP contribution is -2.32. The summed E-state index contributed by atoms with van der Waals surface area (Å²) in [5, 5.41) is 0. The van der Waals surface area contributed by atoms with E-state index in [4.69, 9.17) is 5.73 Å². The molecule has 0 aromatic heterocycles. The minimum Gasteiger partial charge on any atom is -0.367 e. The highest BCUT2D eigenvalue weighted by atomic mass is 19.1. The van der Waals surface area contributed by atoms with Crippen molar-refractivity contribution in [2.24, 2.45) is 5.73 Å². The minimum atomic E-state index is -0.187. The van der Waals surface area contributed by atoms with E-state index in [2.05, 4.69) is 13.8 Å². The first kappa shape index (κ1) is 12.0. The van der Waals surface area contributed by atoms with Crippen molar-refractivity contribution in [3.05, 3.63) is 29.6 Å². The Morgan fingerprint density at radius 2 is 2.07 bits per heavy atom. The molecule has 84 valence electrons. The predicted molar refractivity (Wildman–Crippen MR) is 62.4 cm³/mol. The monoisotopic (exact) mass is 210 g/mol. The van der Waals surface area contributed by atoms with E-state index in [1.807, 2.05) is 17.9 Å². The Hall–Kier alpha value is -1.09. The first-order chi connectivity index (χ1) is 7.11. The van der Waals surface area contributed by atoms with Crippen LogP contribution in [0.1, 0.15) is 26.3 Å². The number of benzene rings is 1. The van der Waals surface area contributed by atoms with Gasteiger partial charge in [0.15, 0.2) is 0 Å². The van der Waals surface area contributed by atoms with Gasteiger partial charge in [-0.2, -0.15) is 0 Å². The molecule has 3 heteroatoms. The molecule has 2 nitrogen and oxygen atoms in total. The van der Waals surface area contributed by atoms with E-state index in [0.29, 0.717) is 12.2 Å². The van der Waals surface area contributed by atoms with E-state index in [1.165, 1.54) is 6.07 Å². The molecule has 0 aliphatic rings. The number of nitrogens with zero attached hydrogens (tertiary/aromatic N) is 1. The molecule has 0 atom stereocenters. The molecule has 1 rings (SSSR count). The maximum Gasteiger partial charge on any atom is 0.146 e. The van der Waals surface area contributed by atoms with Crippen molar-refractivity contribution in [3.8, 4) is 0 Å². The summed E-state index contributed by atoms with van der Waals surface area (Å²) < 4.78 is 13.7. The number of nitrogens with two attached hydrogens (primary N) is 1. The van der Waals surface area contributed by atoms with E-state index in [1.54, 1.807) is 6.07 Å². The van der Waals surface area contributed by atoms with E-state index in [9.17, 15) is 4.39 Å². The van der Waals surface area contributed by atoms with Crippen LogP contribution in [0, 0.1) is 5.82 Å². The van der Waals surface area contributed by atoms with Gasteiger partial charge in [-0.1, -0.05) is 12.1 Å². The Balaban J connectivity index is 3.20. The molecule has 0 radical (unpaired) electrons. The highest BCUT2D eigenvalue weighted by Gasteiger charge is 2.16. The number of hydrogen-bond donors (Lipinski definition) is 1.